The summed E-state index contributed by atoms with van der Waals surface area (Å²) in [6.45, 7) is 5.83. The van der Waals surface area contributed by atoms with Gasteiger partial charge in [-0.2, -0.15) is 0 Å². The zero-order valence-corrected chi connectivity index (χ0v) is 18.8. The van der Waals surface area contributed by atoms with Crippen molar-refractivity contribution in [2.75, 3.05) is 25.7 Å². The maximum atomic E-state index is 11.8. The van der Waals surface area contributed by atoms with Crippen LogP contribution in [-0.4, -0.2) is 37.9 Å². The molecule has 3 aromatic rings. The number of aliphatic hydroxyl groups excluding tert-OH is 1. The van der Waals surface area contributed by atoms with Crippen molar-refractivity contribution in [2.24, 2.45) is 5.41 Å². The number of nitrogens with zero attached hydrogens (tertiary/aromatic N) is 1. The number of anilines is 1. The highest BCUT2D eigenvalue weighted by Gasteiger charge is 2.29. The van der Waals surface area contributed by atoms with Crippen LogP contribution in [0.3, 0.4) is 0 Å². The molecule has 0 saturated carbocycles. The van der Waals surface area contributed by atoms with E-state index in [1.807, 2.05) is 80.7 Å². The lowest BCUT2D eigenvalue weighted by Gasteiger charge is -2.31. The first-order valence-corrected chi connectivity index (χ1v) is 10.4. The number of ether oxygens (including phenoxy) is 2. The molecule has 1 N–H and O–H groups in total. The van der Waals surface area contributed by atoms with Crippen molar-refractivity contribution in [3.8, 4) is 5.75 Å². The number of methoxy groups -OCH3 is 1. The van der Waals surface area contributed by atoms with Crippen LogP contribution >= 0.6 is 0 Å². The average Bonchev–Trinajstić information content (AvgIpc) is 2.80. The summed E-state index contributed by atoms with van der Waals surface area (Å²) in [5.74, 6) is 0.386. The average molecular weight is 422 g/mol. The van der Waals surface area contributed by atoms with E-state index in [0.29, 0.717) is 5.75 Å². The molecule has 3 rings (SSSR count). The summed E-state index contributed by atoms with van der Waals surface area (Å²) in [4.78, 5) is 13.9. The van der Waals surface area contributed by atoms with Gasteiger partial charge in [0.1, 0.15) is 12.4 Å². The SMILES string of the molecule is COC(=O)C(C)(C)COc1ccc2cc(C(O)C(C)N(C)c3ccccc3)ccc2c1. The molecular weight excluding hydrogens is 390 g/mol. The highest BCUT2D eigenvalue weighted by atomic mass is 16.5. The van der Waals surface area contributed by atoms with E-state index in [0.717, 1.165) is 22.0 Å². The van der Waals surface area contributed by atoms with Crippen LogP contribution in [0.25, 0.3) is 10.8 Å². The number of hydrogen-bond donors (Lipinski definition) is 1. The number of carbonyl (C=O) groups excluding carboxylic acids is 1. The molecule has 2 unspecified atom stereocenters. The van der Waals surface area contributed by atoms with Crippen LogP contribution in [0.1, 0.15) is 32.4 Å². The van der Waals surface area contributed by atoms with Crippen LogP contribution in [0.4, 0.5) is 5.69 Å². The Morgan fingerprint density at radius 2 is 1.68 bits per heavy atom. The molecule has 0 amide bonds. The van der Waals surface area contributed by atoms with Gasteiger partial charge < -0.3 is 19.5 Å². The van der Waals surface area contributed by atoms with Crippen LogP contribution in [0.5, 0.6) is 5.75 Å². The van der Waals surface area contributed by atoms with Gasteiger partial charge in [-0.1, -0.05) is 36.4 Å². The summed E-state index contributed by atoms with van der Waals surface area (Å²) in [5.41, 5.74) is 1.20. The minimum absolute atomic E-state index is 0.0944. The maximum absolute atomic E-state index is 11.8. The Hall–Kier alpha value is -3.05. The van der Waals surface area contributed by atoms with Gasteiger partial charge in [-0.05, 0) is 67.4 Å². The van der Waals surface area contributed by atoms with Crippen molar-refractivity contribution in [3.63, 3.8) is 0 Å². The van der Waals surface area contributed by atoms with E-state index in [-0.39, 0.29) is 18.6 Å². The van der Waals surface area contributed by atoms with Crippen LogP contribution in [0, 0.1) is 5.41 Å². The van der Waals surface area contributed by atoms with Crippen molar-refractivity contribution >= 4 is 22.4 Å². The molecule has 0 radical (unpaired) electrons. The van der Waals surface area contributed by atoms with E-state index in [9.17, 15) is 9.90 Å². The smallest absolute Gasteiger partial charge is 0.314 e. The summed E-state index contributed by atoms with van der Waals surface area (Å²) in [6.07, 6.45) is -0.633. The van der Waals surface area contributed by atoms with Crippen LogP contribution in [0.2, 0.25) is 0 Å². The zero-order valence-electron chi connectivity index (χ0n) is 18.8. The molecule has 0 aliphatic rings. The molecule has 0 bridgehead atoms. The van der Waals surface area contributed by atoms with Gasteiger partial charge in [0, 0.05) is 12.7 Å². The fourth-order valence-electron chi connectivity index (χ4n) is 3.50. The predicted molar refractivity (Wildman–Crippen MR) is 125 cm³/mol. The second-order valence-electron chi connectivity index (χ2n) is 8.56. The van der Waals surface area contributed by atoms with Crippen molar-refractivity contribution in [1.82, 2.24) is 0 Å². The minimum atomic E-state index is -0.724. The summed E-state index contributed by atoms with van der Waals surface area (Å²) in [7, 11) is 3.37. The second kappa shape index (κ2) is 9.40. The van der Waals surface area contributed by atoms with E-state index < -0.39 is 11.5 Å². The van der Waals surface area contributed by atoms with Gasteiger partial charge in [-0.3, -0.25) is 4.79 Å². The first-order chi connectivity index (χ1) is 14.7. The number of hydrogen-bond acceptors (Lipinski definition) is 5. The lowest BCUT2D eigenvalue weighted by molar-refractivity contribution is -0.152. The van der Waals surface area contributed by atoms with Gasteiger partial charge in [-0.25, -0.2) is 0 Å². The Labute approximate surface area is 184 Å². The normalized spacial score (nSPS) is 13.5. The Morgan fingerprint density at radius 1 is 1.03 bits per heavy atom. The first-order valence-electron chi connectivity index (χ1n) is 10.4. The molecule has 0 aliphatic heterocycles. The van der Waals surface area contributed by atoms with Gasteiger partial charge in [0.2, 0.25) is 0 Å². The van der Waals surface area contributed by atoms with Crippen molar-refractivity contribution < 1.29 is 19.4 Å². The zero-order chi connectivity index (χ0) is 22.6. The van der Waals surface area contributed by atoms with E-state index >= 15 is 0 Å². The van der Waals surface area contributed by atoms with Gasteiger partial charge in [0.25, 0.3) is 0 Å². The predicted octanol–water partition coefficient (Wildman–Crippen LogP) is 4.98. The number of fused-ring (bicyclic) bond motifs is 1. The largest absolute Gasteiger partial charge is 0.492 e. The minimum Gasteiger partial charge on any atom is -0.492 e. The molecule has 164 valence electrons. The van der Waals surface area contributed by atoms with E-state index in [4.69, 9.17) is 9.47 Å². The molecule has 0 heterocycles. The molecule has 0 aliphatic carbocycles. The van der Waals surface area contributed by atoms with Gasteiger partial charge in [0.15, 0.2) is 0 Å². The standard InChI is InChI=1S/C26H31NO4/c1-18(27(4)22-9-7-6-8-10-22)24(28)21-12-11-20-16-23(14-13-19(20)15-21)31-17-26(2,3)25(29)30-5/h6-16,18,24,28H,17H2,1-5H3. The third-order valence-corrected chi connectivity index (χ3v) is 5.75. The van der Waals surface area contributed by atoms with Gasteiger partial charge >= 0.3 is 5.97 Å². The fraction of sp³-hybridized carbons (Fsp3) is 0.346. The Kier molecular flexibility index (Phi) is 6.86. The molecular formula is C26H31NO4. The third-order valence-electron chi connectivity index (χ3n) is 5.75. The Balaban J connectivity index is 1.74. The molecule has 31 heavy (non-hydrogen) atoms. The lowest BCUT2D eigenvalue weighted by Crippen LogP contribution is -2.34. The summed E-state index contributed by atoms with van der Waals surface area (Å²) < 4.78 is 10.7. The lowest BCUT2D eigenvalue weighted by atomic mass is 9.95. The van der Waals surface area contributed by atoms with E-state index in [1.54, 1.807) is 13.8 Å². The van der Waals surface area contributed by atoms with Crippen LogP contribution < -0.4 is 9.64 Å². The van der Waals surface area contributed by atoms with Crippen molar-refractivity contribution in [2.45, 2.75) is 32.9 Å². The molecule has 0 spiro atoms. The van der Waals surface area contributed by atoms with Crippen molar-refractivity contribution in [1.29, 1.82) is 0 Å². The molecule has 2 atom stereocenters. The highest BCUT2D eigenvalue weighted by Crippen LogP contribution is 2.29. The topological polar surface area (TPSA) is 59.0 Å². The van der Waals surface area contributed by atoms with Crippen molar-refractivity contribution in [3.05, 3.63) is 72.3 Å². The number of para-hydroxylation sites is 1. The fourth-order valence-corrected chi connectivity index (χ4v) is 3.50. The molecule has 3 aromatic carbocycles. The van der Waals surface area contributed by atoms with Gasteiger partial charge in [-0.15, -0.1) is 0 Å². The Bertz CT molecular complexity index is 1030. The number of rotatable bonds is 8. The number of aliphatic hydroxyl groups is 1. The molecule has 0 fully saturated rings. The summed E-state index contributed by atoms with van der Waals surface area (Å²) in [6, 6.07) is 21.7. The van der Waals surface area contributed by atoms with Gasteiger partial charge in [0.05, 0.1) is 24.7 Å². The van der Waals surface area contributed by atoms with E-state index in [1.165, 1.54) is 7.11 Å². The van der Waals surface area contributed by atoms with Crippen LogP contribution in [0.15, 0.2) is 66.7 Å². The quantitative estimate of drug-likeness (QED) is 0.520. The first kappa shape index (κ1) is 22.6. The monoisotopic (exact) mass is 421 g/mol. The Morgan fingerprint density at radius 3 is 2.35 bits per heavy atom. The maximum Gasteiger partial charge on any atom is 0.314 e. The molecule has 5 heteroatoms. The summed E-state index contributed by atoms with van der Waals surface area (Å²) in [5, 5.41) is 13.0. The highest BCUT2D eigenvalue weighted by molar-refractivity contribution is 5.84. The number of likely N-dealkylation sites (N-methyl/N-ethyl adjacent to an activating group) is 1. The summed E-state index contributed by atoms with van der Waals surface area (Å²) >= 11 is 0. The number of carbonyl (C=O) groups is 1. The number of benzene rings is 3. The van der Waals surface area contributed by atoms with E-state index in [2.05, 4.69) is 4.90 Å². The third kappa shape index (κ3) is 5.17. The molecule has 5 nitrogen and oxygen atoms in total. The second-order valence-corrected chi connectivity index (χ2v) is 8.56. The number of esters is 1. The molecule has 0 aromatic heterocycles. The van der Waals surface area contributed by atoms with Crippen LogP contribution in [-0.2, 0) is 9.53 Å². The molecule has 0 saturated heterocycles.